The van der Waals surface area contributed by atoms with E-state index in [2.05, 4.69) is 5.32 Å². The van der Waals surface area contributed by atoms with Crippen molar-refractivity contribution in [2.45, 2.75) is 31.5 Å². The van der Waals surface area contributed by atoms with E-state index < -0.39 is 11.7 Å². The highest BCUT2D eigenvalue weighted by atomic mass is 35.5. The van der Waals surface area contributed by atoms with E-state index >= 15 is 0 Å². The Kier molecular flexibility index (Phi) is 8.11. The van der Waals surface area contributed by atoms with Gasteiger partial charge in [0, 0.05) is 19.0 Å². The molecule has 2 rings (SSSR count). The number of amides is 1. The number of nitrogens with two attached hydrogens (primary N) is 1. The Morgan fingerprint density at radius 3 is 2.31 bits per heavy atom. The lowest BCUT2D eigenvalue weighted by molar-refractivity contribution is -0.137. The van der Waals surface area contributed by atoms with E-state index in [1.807, 2.05) is 30.3 Å². The summed E-state index contributed by atoms with van der Waals surface area (Å²) in [6, 6.07) is 14.1. The van der Waals surface area contributed by atoms with Crippen LogP contribution < -0.4 is 11.1 Å². The second-order valence-electron chi connectivity index (χ2n) is 6.05. The Balaban J connectivity index is 0.00000338. The fourth-order valence-corrected chi connectivity index (χ4v) is 2.53. The van der Waals surface area contributed by atoms with Crippen LogP contribution in [0.25, 0.3) is 0 Å². The molecule has 0 aromatic heterocycles. The maximum atomic E-state index is 12.8. The monoisotopic (exact) mass is 386 g/mol. The average Bonchev–Trinajstić information content (AvgIpc) is 2.59. The molecule has 0 saturated heterocycles. The smallest absolute Gasteiger partial charge is 0.354 e. The zero-order chi connectivity index (χ0) is 18.4. The number of hydrogen-bond acceptors (Lipinski definition) is 2. The average molecular weight is 387 g/mol. The van der Waals surface area contributed by atoms with Gasteiger partial charge >= 0.3 is 6.18 Å². The first-order valence-corrected chi connectivity index (χ1v) is 8.01. The van der Waals surface area contributed by atoms with Crippen molar-refractivity contribution < 1.29 is 18.0 Å². The SMILES string of the molecule is CC(CC(=O)NCC(N)c1ccccc1)c1cccc(C(F)(F)F)c1.Cl. The van der Waals surface area contributed by atoms with Gasteiger partial charge in [0.15, 0.2) is 0 Å². The Labute approximate surface area is 157 Å². The number of carbonyl (C=O) groups is 1. The fraction of sp³-hybridized carbons (Fsp3) is 0.316. The Hall–Kier alpha value is -2.05. The van der Waals surface area contributed by atoms with E-state index in [-0.39, 0.29) is 43.2 Å². The summed E-state index contributed by atoms with van der Waals surface area (Å²) in [4.78, 5) is 12.1. The molecule has 0 spiro atoms. The molecule has 0 aliphatic carbocycles. The summed E-state index contributed by atoms with van der Waals surface area (Å²) in [6.07, 6.45) is -4.29. The number of hydrogen-bond donors (Lipinski definition) is 2. The van der Waals surface area contributed by atoms with Gasteiger partial charge in [0.2, 0.25) is 5.91 Å². The minimum Gasteiger partial charge on any atom is -0.354 e. The van der Waals surface area contributed by atoms with E-state index in [1.54, 1.807) is 13.0 Å². The van der Waals surface area contributed by atoms with Crippen LogP contribution in [-0.4, -0.2) is 12.5 Å². The molecule has 7 heteroatoms. The van der Waals surface area contributed by atoms with Crippen LogP contribution in [0.15, 0.2) is 54.6 Å². The van der Waals surface area contributed by atoms with Crippen LogP contribution in [0.1, 0.15) is 42.0 Å². The van der Waals surface area contributed by atoms with Crippen molar-refractivity contribution in [3.05, 3.63) is 71.3 Å². The summed E-state index contributed by atoms with van der Waals surface area (Å²) < 4.78 is 38.3. The van der Waals surface area contributed by atoms with Gasteiger partial charge in [-0.25, -0.2) is 0 Å². The molecule has 2 unspecified atom stereocenters. The van der Waals surface area contributed by atoms with Crippen LogP contribution >= 0.6 is 12.4 Å². The summed E-state index contributed by atoms with van der Waals surface area (Å²) in [7, 11) is 0. The molecule has 142 valence electrons. The number of alkyl halides is 3. The van der Waals surface area contributed by atoms with Gasteiger partial charge in [-0.15, -0.1) is 12.4 Å². The summed E-state index contributed by atoms with van der Waals surface area (Å²) in [6.45, 7) is 2.00. The molecule has 0 saturated carbocycles. The highest BCUT2D eigenvalue weighted by Crippen LogP contribution is 2.31. The minimum absolute atomic E-state index is 0. The van der Waals surface area contributed by atoms with Gasteiger partial charge in [0.1, 0.15) is 0 Å². The van der Waals surface area contributed by atoms with Crippen molar-refractivity contribution in [3.8, 4) is 0 Å². The lowest BCUT2D eigenvalue weighted by Crippen LogP contribution is -2.32. The first kappa shape index (κ1) is 22.0. The number of rotatable bonds is 6. The molecule has 0 aliphatic heterocycles. The van der Waals surface area contributed by atoms with Crippen LogP contribution in [0.3, 0.4) is 0 Å². The molecule has 26 heavy (non-hydrogen) atoms. The zero-order valence-corrected chi connectivity index (χ0v) is 15.1. The van der Waals surface area contributed by atoms with Gasteiger partial charge in [0.05, 0.1) is 5.56 Å². The predicted molar refractivity (Wildman–Crippen MR) is 98.1 cm³/mol. The fourth-order valence-electron chi connectivity index (χ4n) is 2.53. The topological polar surface area (TPSA) is 55.1 Å². The number of halogens is 4. The summed E-state index contributed by atoms with van der Waals surface area (Å²) in [5.41, 5.74) is 6.70. The first-order valence-electron chi connectivity index (χ1n) is 8.01. The normalized spacial score (nSPS) is 13.4. The van der Waals surface area contributed by atoms with Crippen LogP contribution in [0.4, 0.5) is 13.2 Å². The molecular formula is C19H22ClF3N2O. The van der Waals surface area contributed by atoms with Gasteiger partial charge < -0.3 is 11.1 Å². The maximum absolute atomic E-state index is 12.8. The molecule has 0 aliphatic rings. The molecule has 2 aromatic carbocycles. The van der Waals surface area contributed by atoms with Crippen molar-refractivity contribution >= 4 is 18.3 Å². The predicted octanol–water partition coefficient (Wildman–Crippen LogP) is 4.44. The number of benzene rings is 2. The summed E-state index contributed by atoms with van der Waals surface area (Å²) >= 11 is 0. The highest BCUT2D eigenvalue weighted by molar-refractivity contribution is 5.85. The van der Waals surface area contributed by atoms with Gasteiger partial charge in [-0.2, -0.15) is 13.2 Å². The Bertz CT molecular complexity index is 707. The first-order chi connectivity index (χ1) is 11.8. The van der Waals surface area contributed by atoms with Gasteiger partial charge in [-0.05, 0) is 23.1 Å². The van der Waals surface area contributed by atoms with Gasteiger partial charge in [-0.3, -0.25) is 4.79 Å². The van der Waals surface area contributed by atoms with Crippen LogP contribution in [-0.2, 0) is 11.0 Å². The molecule has 1 amide bonds. The van der Waals surface area contributed by atoms with Gasteiger partial charge in [-0.1, -0.05) is 55.5 Å². The van der Waals surface area contributed by atoms with Crippen molar-refractivity contribution in [1.29, 1.82) is 0 Å². The molecule has 0 bridgehead atoms. The minimum atomic E-state index is -4.39. The molecule has 3 nitrogen and oxygen atoms in total. The molecule has 2 atom stereocenters. The Morgan fingerprint density at radius 2 is 1.69 bits per heavy atom. The third-order valence-electron chi connectivity index (χ3n) is 4.02. The van der Waals surface area contributed by atoms with Crippen molar-refractivity contribution in [2.75, 3.05) is 6.54 Å². The molecule has 0 fully saturated rings. The van der Waals surface area contributed by atoms with Gasteiger partial charge in [0.25, 0.3) is 0 Å². The van der Waals surface area contributed by atoms with Crippen LogP contribution in [0, 0.1) is 0 Å². The molecule has 0 heterocycles. The van der Waals surface area contributed by atoms with Crippen molar-refractivity contribution in [3.63, 3.8) is 0 Å². The lowest BCUT2D eigenvalue weighted by atomic mass is 9.95. The zero-order valence-electron chi connectivity index (χ0n) is 14.3. The van der Waals surface area contributed by atoms with E-state index in [0.29, 0.717) is 5.56 Å². The summed E-state index contributed by atoms with van der Waals surface area (Å²) in [5, 5.41) is 2.74. The van der Waals surface area contributed by atoms with E-state index in [9.17, 15) is 18.0 Å². The third kappa shape index (κ3) is 6.35. The Morgan fingerprint density at radius 1 is 1.08 bits per heavy atom. The quantitative estimate of drug-likeness (QED) is 0.771. The third-order valence-corrected chi connectivity index (χ3v) is 4.02. The lowest BCUT2D eigenvalue weighted by Gasteiger charge is -2.16. The second kappa shape index (κ2) is 9.59. The molecule has 3 N–H and O–H groups in total. The standard InChI is InChI=1S/C19H21F3N2O.ClH/c1-13(15-8-5-9-16(11-15)19(20,21)22)10-18(25)24-12-17(23)14-6-3-2-4-7-14;/h2-9,11,13,17H,10,12,23H2,1H3,(H,24,25);1H. The second-order valence-corrected chi connectivity index (χ2v) is 6.05. The highest BCUT2D eigenvalue weighted by Gasteiger charge is 2.30. The number of carbonyl (C=O) groups excluding carboxylic acids is 1. The summed E-state index contributed by atoms with van der Waals surface area (Å²) in [5.74, 6) is -0.563. The van der Waals surface area contributed by atoms with E-state index in [1.165, 1.54) is 6.07 Å². The number of nitrogens with one attached hydrogen (secondary N) is 1. The van der Waals surface area contributed by atoms with Crippen molar-refractivity contribution in [2.24, 2.45) is 5.73 Å². The van der Waals surface area contributed by atoms with E-state index in [4.69, 9.17) is 5.73 Å². The van der Waals surface area contributed by atoms with Crippen molar-refractivity contribution in [1.82, 2.24) is 5.32 Å². The van der Waals surface area contributed by atoms with E-state index in [0.717, 1.165) is 17.7 Å². The largest absolute Gasteiger partial charge is 0.416 e. The van der Waals surface area contributed by atoms with Crippen LogP contribution in [0.5, 0.6) is 0 Å². The molecule has 0 radical (unpaired) electrons. The molecular weight excluding hydrogens is 365 g/mol. The maximum Gasteiger partial charge on any atom is 0.416 e. The molecule has 2 aromatic rings. The van der Waals surface area contributed by atoms with Crippen LogP contribution in [0.2, 0.25) is 0 Å².